The largest absolute Gasteiger partial charge is 0.340 e. The maximum atomic E-state index is 12.5. The average Bonchev–Trinajstić information content (AvgIpc) is 2.86. The number of piperazine rings is 1. The zero-order chi connectivity index (χ0) is 13.0. The normalized spacial score (nSPS) is 26.1. The first-order valence-corrected chi connectivity index (χ1v) is 7.79. The van der Waals surface area contributed by atoms with E-state index in [1.54, 1.807) is 0 Å². The van der Waals surface area contributed by atoms with E-state index >= 15 is 0 Å². The molecule has 2 saturated heterocycles. The molecule has 0 spiro atoms. The highest BCUT2D eigenvalue weighted by molar-refractivity contribution is 5.79. The van der Waals surface area contributed by atoms with Crippen molar-refractivity contribution in [3.8, 4) is 0 Å². The van der Waals surface area contributed by atoms with Gasteiger partial charge in [-0.1, -0.05) is 26.7 Å². The van der Waals surface area contributed by atoms with Crippen molar-refractivity contribution in [2.24, 2.45) is 5.92 Å². The van der Waals surface area contributed by atoms with Gasteiger partial charge < -0.3 is 4.90 Å². The minimum absolute atomic E-state index is 0.276. The predicted molar refractivity (Wildman–Crippen MR) is 74.5 cm³/mol. The molecule has 0 radical (unpaired) electrons. The Hall–Kier alpha value is -0.570. The van der Waals surface area contributed by atoms with Crippen LogP contribution in [0, 0.1) is 5.92 Å². The van der Waals surface area contributed by atoms with Gasteiger partial charge in [0.15, 0.2) is 0 Å². The van der Waals surface area contributed by atoms with Crippen LogP contribution in [0.3, 0.4) is 0 Å². The van der Waals surface area contributed by atoms with Crippen molar-refractivity contribution in [1.82, 2.24) is 9.80 Å². The number of hydrogen-bond donors (Lipinski definition) is 0. The summed E-state index contributed by atoms with van der Waals surface area (Å²) in [6, 6.07) is 0.659. The molecule has 2 heterocycles. The van der Waals surface area contributed by atoms with Crippen molar-refractivity contribution < 1.29 is 4.79 Å². The highest BCUT2D eigenvalue weighted by Gasteiger charge is 2.34. The van der Waals surface area contributed by atoms with Crippen molar-refractivity contribution in [2.75, 3.05) is 26.2 Å². The van der Waals surface area contributed by atoms with Crippen LogP contribution >= 0.6 is 0 Å². The number of fused-ring (bicyclic) bond motifs is 1. The van der Waals surface area contributed by atoms with Crippen LogP contribution in [0.2, 0.25) is 0 Å². The Kier molecular flexibility index (Phi) is 5.04. The van der Waals surface area contributed by atoms with Crippen LogP contribution in [0.1, 0.15) is 52.4 Å². The summed E-state index contributed by atoms with van der Waals surface area (Å²) in [6.07, 6.45) is 7.07. The molecule has 0 bridgehead atoms. The topological polar surface area (TPSA) is 23.6 Å². The molecule has 3 heteroatoms. The van der Waals surface area contributed by atoms with Crippen LogP contribution in [0.25, 0.3) is 0 Å². The predicted octanol–water partition coefficient (Wildman–Crippen LogP) is 2.51. The van der Waals surface area contributed by atoms with E-state index in [9.17, 15) is 4.79 Å². The Bertz CT molecular complexity index is 280. The molecule has 2 aliphatic rings. The first-order chi connectivity index (χ1) is 8.76. The van der Waals surface area contributed by atoms with E-state index in [4.69, 9.17) is 0 Å². The fourth-order valence-electron chi connectivity index (χ4n) is 3.40. The summed E-state index contributed by atoms with van der Waals surface area (Å²) in [5.41, 5.74) is 0. The van der Waals surface area contributed by atoms with Gasteiger partial charge in [0.25, 0.3) is 0 Å². The number of carbonyl (C=O) groups is 1. The van der Waals surface area contributed by atoms with Crippen molar-refractivity contribution in [3.63, 3.8) is 0 Å². The molecule has 2 atom stereocenters. The number of unbranched alkanes of at least 4 members (excludes halogenated alkanes) is 1. The number of amides is 1. The van der Waals surface area contributed by atoms with E-state index in [2.05, 4.69) is 23.6 Å². The molecular formula is C15H28N2O. The summed E-state index contributed by atoms with van der Waals surface area (Å²) in [7, 11) is 0. The Morgan fingerprint density at radius 2 is 2.11 bits per heavy atom. The summed E-state index contributed by atoms with van der Waals surface area (Å²) >= 11 is 0. The molecule has 18 heavy (non-hydrogen) atoms. The highest BCUT2D eigenvalue weighted by atomic mass is 16.2. The summed E-state index contributed by atoms with van der Waals surface area (Å²) in [6.45, 7) is 8.65. The van der Waals surface area contributed by atoms with Crippen molar-refractivity contribution in [3.05, 3.63) is 0 Å². The Morgan fingerprint density at radius 3 is 2.83 bits per heavy atom. The zero-order valence-corrected chi connectivity index (χ0v) is 12.0. The fraction of sp³-hybridized carbons (Fsp3) is 0.933. The summed E-state index contributed by atoms with van der Waals surface area (Å²) in [5, 5.41) is 0. The SMILES string of the molecule is CCCCC(CC)C(=O)N1CCN2CCCC2C1. The van der Waals surface area contributed by atoms with Crippen LogP contribution in [-0.4, -0.2) is 47.9 Å². The minimum atomic E-state index is 0.276. The monoisotopic (exact) mass is 252 g/mol. The van der Waals surface area contributed by atoms with Crippen LogP contribution < -0.4 is 0 Å². The number of hydrogen-bond acceptors (Lipinski definition) is 2. The molecule has 104 valence electrons. The lowest BCUT2D eigenvalue weighted by atomic mass is 9.97. The second kappa shape index (κ2) is 6.55. The molecular weight excluding hydrogens is 224 g/mol. The summed E-state index contributed by atoms with van der Waals surface area (Å²) in [5.74, 6) is 0.704. The zero-order valence-electron chi connectivity index (χ0n) is 12.0. The molecule has 2 aliphatic heterocycles. The molecule has 3 nitrogen and oxygen atoms in total. The van der Waals surface area contributed by atoms with E-state index in [1.165, 1.54) is 32.2 Å². The van der Waals surface area contributed by atoms with E-state index in [-0.39, 0.29) is 5.92 Å². The second-order valence-corrected chi connectivity index (χ2v) is 5.86. The first kappa shape index (κ1) is 13.9. The van der Waals surface area contributed by atoms with Crippen molar-refractivity contribution >= 4 is 5.91 Å². The van der Waals surface area contributed by atoms with Gasteiger partial charge in [-0.15, -0.1) is 0 Å². The van der Waals surface area contributed by atoms with E-state index < -0.39 is 0 Å². The number of nitrogens with zero attached hydrogens (tertiary/aromatic N) is 2. The average molecular weight is 252 g/mol. The molecule has 0 aromatic rings. The van der Waals surface area contributed by atoms with Gasteiger partial charge in [-0.25, -0.2) is 0 Å². The Morgan fingerprint density at radius 1 is 1.28 bits per heavy atom. The molecule has 2 rings (SSSR count). The molecule has 0 aromatic heterocycles. The Balaban J connectivity index is 1.87. The van der Waals surface area contributed by atoms with Crippen LogP contribution in [0.4, 0.5) is 0 Å². The minimum Gasteiger partial charge on any atom is -0.340 e. The first-order valence-electron chi connectivity index (χ1n) is 7.79. The van der Waals surface area contributed by atoms with Gasteiger partial charge in [0.2, 0.25) is 5.91 Å². The highest BCUT2D eigenvalue weighted by Crippen LogP contribution is 2.24. The van der Waals surface area contributed by atoms with Gasteiger partial charge >= 0.3 is 0 Å². The Labute approximate surface area is 112 Å². The lowest BCUT2D eigenvalue weighted by molar-refractivity contribution is -0.138. The fourth-order valence-corrected chi connectivity index (χ4v) is 3.40. The van der Waals surface area contributed by atoms with Gasteiger partial charge in [-0.05, 0) is 32.2 Å². The van der Waals surface area contributed by atoms with Crippen molar-refractivity contribution in [1.29, 1.82) is 0 Å². The third-order valence-electron chi connectivity index (χ3n) is 4.65. The molecule has 2 fully saturated rings. The number of carbonyl (C=O) groups excluding carboxylic acids is 1. The third kappa shape index (κ3) is 3.05. The lowest BCUT2D eigenvalue weighted by Crippen LogP contribution is -2.53. The van der Waals surface area contributed by atoms with Crippen molar-refractivity contribution in [2.45, 2.75) is 58.4 Å². The number of rotatable bonds is 5. The molecule has 1 amide bonds. The summed E-state index contributed by atoms with van der Waals surface area (Å²) < 4.78 is 0. The van der Waals surface area contributed by atoms with E-state index in [1.807, 2.05) is 0 Å². The quantitative estimate of drug-likeness (QED) is 0.750. The van der Waals surface area contributed by atoms with Crippen LogP contribution in [-0.2, 0) is 4.79 Å². The maximum Gasteiger partial charge on any atom is 0.225 e. The van der Waals surface area contributed by atoms with E-state index in [0.29, 0.717) is 11.9 Å². The molecule has 2 unspecified atom stereocenters. The molecule has 0 aromatic carbocycles. The van der Waals surface area contributed by atoms with E-state index in [0.717, 1.165) is 32.5 Å². The second-order valence-electron chi connectivity index (χ2n) is 5.86. The molecule has 0 N–H and O–H groups in total. The van der Waals surface area contributed by atoms with Crippen LogP contribution in [0.5, 0.6) is 0 Å². The standard InChI is InChI=1S/C15H28N2O/c1-3-5-7-13(4-2)15(18)17-11-10-16-9-6-8-14(16)12-17/h13-14H,3-12H2,1-2H3. The molecule has 0 aliphatic carbocycles. The lowest BCUT2D eigenvalue weighted by Gasteiger charge is -2.39. The summed E-state index contributed by atoms with van der Waals surface area (Å²) in [4.78, 5) is 17.2. The maximum absolute atomic E-state index is 12.5. The smallest absolute Gasteiger partial charge is 0.225 e. The van der Waals surface area contributed by atoms with Gasteiger partial charge in [0.1, 0.15) is 0 Å². The third-order valence-corrected chi connectivity index (χ3v) is 4.65. The van der Waals surface area contributed by atoms with Crippen LogP contribution in [0.15, 0.2) is 0 Å². The van der Waals surface area contributed by atoms with Gasteiger partial charge in [0, 0.05) is 31.6 Å². The molecule has 0 saturated carbocycles. The van der Waals surface area contributed by atoms with Gasteiger partial charge in [-0.3, -0.25) is 9.69 Å². The van der Waals surface area contributed by atoms with Gasteiger partial charge in [0.05, 0.1) is 0 Å². The van der Waals surface area contributed by atoms with Gasteiger partial charge in [-0.2, -0.15) is 0 Å².